The molecule has 1 N–H and O–H groups in total. The summed E-state index contributed by atoms with van der Waals surface area (Å²) in [4.78, 5) is 31.7. The number of piperazine rings is 1. The van der Waals surface area contributed by atoms with Gasteiger partial charge in [0.05, 0.1) is 0 Å². The largest absolute Gasteiger partial charge is 0.369 e. The second-order valence-corrected chi connectivity index (χ2v) is 10.3. The third-order valence-corrected chi connectivity index (χ3v) is 7.72. The molecule has 0 unspecified atom stereocenters. The van der Waals surface area contributed by atoms with E-state index in [0.29, 0.717) is 34.3 Å². The van der Waals surface area contributed by atoms with Crippen LogP contribution in [0, 0.1) is 0 Å². The van der Waals surface area contributed by atoms with Gasteiger partial charge in [0.2, 0.25) is 5.95 Å². The number of likely N-dealkylation sites (N-methyl/N-ethyl adjacent to an activating group) is 1. The molecular weight excluding hydrogens is 510 g/mol. The van der Waals surface area contributed by atoms with Crippen LogP contribution in [0.15, 0.2) is 70.7 Å². The molecule has 6 rings (SSSR count). The number of aliphatic imine (C=N–C) groups is 1. The zero-order valence-electron chi connectivity index (χ0n) is 22.1. The molecule has 0 atom stereocenters. The van der Waals surface area contributed by atoms with E-state index in [2.05, 4.69) is 44.3 Å². The fourth-order valence-electron chi connectivity index (χ4n) is 5.13. The monoisotopic (exact) mass is 539 g/mol. The van der Waals surface area contributed by atoms with Crippen molar-refractivity contribution in [1.29, 1.82) is 0 Å². The van der Waals surface area contributed by atoms with Crippen molar-refractivity contribution in [3.63, 3.8) is 0 Å². The molecule has 0 spiro atoms. The first kappa shape index (κ1) is 25.3. The highest BCUT2D eigenvalue weighted by Crippen LogP contribution is 2.32. The molecule has 0 saturated carbocycles. The van der Waals surface area contributed by atoms with Gasteiger partial charge in [0, 0.05) is 90.7 Å². The van der Waals surface area contributed by atoms with Crippen LogP contribution < -0.4 is 15.8 Å². The molecule has 1 saturated heterocycles. The van der Waals surface area contributed by atoms with Gasteiger partial charge in [-0.2, -0.15) is 4.98 Å². The number of halogens is 1. The molecule has 0 bridgehead atoms. The van der Waals surface area contributed by atoms with Crippen molar-refractivity contribution in [2.24, 2.45) is 4.99 Å². The number of benzene rings is 2. The Hall–Kier alpha value is -4.01. The number of aryl methyl sites for hydroxylation is 1. The second kappa shape index (κ2) is 10.6. The third kappa shape index (κ3) is 5.05. The van der Waals surface area contributed by atoms with Gasteiger partial charge < -0.3 is 15.1 Å². The Morgan fingerprint density at radius 1 is 1.00 bits per heavy atom. The zero-order chi connectivity index (χ0) is 26.9. The minimum Gasteiger partial charge on any atom is -0.369 e. The molecular formula is C30H30ClN7O. The summed E-state index contributed by atoms with van der Waals surface area (Å²) in [5.41, 5.74) is 5.88. The van der Waals surface area contributed by atoms with Crippen LogP contribution in [0.3, 0.4) is 0 Å². The number of hydrogen-bond donors (Lipinski definition) is 1. The first-order valence-corrected chi connectivity index (χ1v) is 13.6. The van der Waals surface area contributed by atoms with Crippen molar-refractivity contribution in [1.82, 2.24) is 19.4 Å². The molecule has 1 fully saturated rings. The average molecular weight is 540 g/mol. The van der Waals surface area contributed by atoms with E-state index in [4.69, 9.17) is 16.6 Å². The summed E-state index contributed by atoms with van der Waals surface area (Å²) in [6.45, 7) is 6.59. The molecule has 0 radical (unpaired) electrons. The Labute approximate surface area is 232 Å². The molecule has 9 heteroatoms. The molecule has 8 nitrogen and oxygen atoms in total. The van der Waals surface area contributed by atoms with Crippen LogP contribution in [0.5, 0.6) is 0 Å². The summed E-state index contributed by atoms with van der Waals surface area (Å²) in [6, 6.07) is 15.9. The molecule has 4 aromatic rings. The molecule has 2 aromatic carbocycles. The van der Waals surface area contributed by atoms with E-state index < -0.39 is 0 Å². The van der Waals surface area contributed by atoms with Gasteiger partial charge in [-0.05, 0) is 61.5 Å². The summed E-state index contributed by atoms with van der Waals surface area (Å²) in [5, 5.41) is 4.59. The zero-order valence-corrected chi connectivity index (χ0v) is 22.8. The molecule has 0 amide bonds. The van der Waals surface area contributed by atoms with E-state index in [1.54, 1.807) is 10.8 Å². The van der Waals surface area contributed by atoms with Gasteiger partial charge in [-0.25, -0.2) is 4.98 Å². The van der Waals surface area contributed by atoms with Gasteiger partial charge in [-0.1, -0.05) is 23.7 Å². The summed E-state index contributed by atoms with van der Waals surface area (Å²) in [5.74, 6) is 0.443. The van der Waals surface area contributed by atoms with Crippen molar-refractivity contribution in [2.45, 2.75) is 19.9 Å². The van der Waals surface area contributed by atoms with E-state index >= 15 is 0 Å². The summed E-state index contributed by atoms with van der Waals surface area (Å²) in [7, 11) is 2.16. The topological polar surface area (TPSA) is 78.7 Å². The van der Waals surface area contributed by atoms with Crippen LogP contribution in [0.4, 0.5) is 17.3 Å². The van der Waals surface area contributed by atoms with Crippen molar-refractivity contribution >= 4 is 51.7 Å². The number of pyridine rings is 1. The number of allylic oxidation sites excluding steroid dienone is 1. The second-order valence-electron chi connectivity index (χ2n) is 9.93. The van der Waals surface area contributed by atoms with Crippen molar-refractivity contribution in [2.75, 3.05) is 43.4 Å². The number of anilines is 3. The molecule has 0 aliphatic carbocycles. The number of rotatable bonds is 6. The van der Waals surface area contributed by atoms with E-state index in [0.717, 1.165) is 54.8 Å². The van der Waals surface area contributed by atoms with Crippen LogP contribution >= 0.6 is 11.6 Å². The Balaban J connectivity index is 1.28. The number of nitrogens with one attached hydrogen (secondary N) is 1. The molecule has 39 heavy (non-hydrogen) atoms. The number of nitrogens with zero attached hydrogens (tertiary/aromatic N) is 6. The van der Waals surface area contributed by atoms with Gasteiger partial charge in [-0.3, -0.25) is 14.4 Å². The quantitative estimate of drug-likeness (QED) is 0.351. The molecule has 2 aliphatic heterocycles. The van der Waals surface area contributed by atoms with Crippen LogP contribution in [-0.4, -0.2) is 58.9 Å². The molecule has 2 aromatic heterocycles. The lowest BCUT2D eigenvalue weighted by Crippen LogP contribution is -2.44. The van der Waals surface area contributed by atoms with Gasteiger partial charge in [0.1, 0.15) is 5.65 Å². The van der Waals surface area contributed by atoms with Gasteiger partial charge in [0.15, 0.2) is 0 Å². The fraction of sp³-hybridized carbons (Fsp3) is 0.267. The minimum atomic E-state index is -0.135. The van der Waals surface area contributed by atoms with E-state index in [1.807, 2.05) is 55.7 Å². The van der Waals surface area contributed by atoms with E-state index in [1.165, 1.54) is 5.69 Å². The summed E-state index contributed by atoms with van der Waals surface area (Å²) >= 11 is 6.68. The van der Waals surface area contributed by atoms with Gasteiger partial charge in [0.25, 0.3) is 5.56 Å². The Kier molecular flexibility index (Phi) is 6.89. The van der Waals surface area contributed by atoms with E-state index in [9.17, 15) is 4.79 Å². The number of fused-ring (bicyclic) bond motifs is 1. The SMILES string of the molecule is CCn1c(=O)c(-c2ccc(C3=CN=CC3)cc2Cl)cc2cnc(Nc3ccc(N4CCN(C)CC4)cc3)nc21. The number of hydrogen-bond acceptors (Lipinski definition) is 7. The maximum Gasteiger partial charge on any atom is 0.260 e. The average Bonchev–Trinajstić information content (AvgIpc) is 3.49. The first-order chi connectivity index (χ1) is 19.0. The lowest BCUT2D eigenvalue weighted by molar-refractivity contribution is 0.313. The highest BCUT2D eigenvalue weighted by Gasteiger charge is 2.17. The first-order valence-electron chi connectivity index (χ1n) is 13.2. The van der Waals surface area contributed by atoms with Crippen molar-refractivity contribution in [3.8, 4) is 11.1 Å². The molecule has 198 valence electrons. The normalized spacial score (nSPS) is 15.7. The van der Waals surface area contributed by atoms with Crippen LogP contribution in [0.25, 0.3) is 27.7 Å². The maximum absolute atomic E-state index is 13.6. The van der Waals surface area contributed by atoms with Crippen LogP contribution in [0.1, 0.15) is 18.9 Å². The predicted octanol–water partition coefficient (Wildman–Crippen LogP) is 5.44. The minimum absolute atomic E-state index is 0.135. The van der Waals surface area contributed by atoms with Crippen molar-refractivity contribution in [3.05, 3.63) is 81.9 Å². The lowest BCUT2D eigenvalue weighted by atomic mass is 10.00. The lowest BCUT2D eigenvalue weighted by Gasteiger charge is -2.34. The third-order valence-electron chi connectivity index (χ3n) is 7.41. The molecule has 2 aliphatic rings. The van der Waals surface area contributed by atoms with Crippen LogP contribution in [0.2, 0.25) is 5.02 Å². The maximum atomic E-state index is 13.6. The highest BCUT2D eigenvalue weighted by atomic mass is 35.5. The van der Waals surface area contributed by atoms with E-state index in [-0.39, 0.29) is 5.56 Å². The summed E-state index contributed by atoms with van der Waals surface area (Å²) in [6.07, 6.45) is 6.24. The fourth-order valence-corrected chi connectivity index (χ4v) is 5.41. The van der Waals surface area contributed by atoms with Gasteiger partial charge >= 0.3 is 0 Å². The Morgan fingerprint density at radius 3 is 2.49 bits per heavy atom. The van der Waals surface area contributed by atoms with Crippen LogP contribution in [-0.2, 0) is 6.54 Å². The predicted molar refractivity (Wildman–Crippen MR) is 160 cm³/mol. The smallest absolute Gasteiger partial charge is 0.260 e. The summed E-state index contributed by atoms with van der Waals surface area (Å²) < 4.78 is 1.67. The van der Waals surface area contributed by atoms with Gasteiger partial charge in [-0.15, -0.1) is 0 Å². The Bertz CT molecular complexity index is 1650. The Morgan fingerprint density at radius 2 is 1.79 bits per heavy atom. The molecule has 4 heterocycles. The van der Waals surface area contributed by atoms with Crippen molar-refractivity contribution < 1.29 is 0 Å². The standard InChI is InChI=1S/C30H30ClN7O/c1-3-38-28-22(16-26(29(38)39)25-9-4-20(17-27(25)31)21-10-11-32-18-21)19-33-30(35-28)34-23-5-7-24(8-6-23)37-14-12-36(2)13-15-37/h4-9,11,16-19H,3,10,12-15H2,1-2H3,(H,33,34,35). The number of aromatic nitrogens is 3. The highest BCUT2D eigenvalue weighted by molar-refractivity contribution is 6.33.